The highest BCUT2D eigenvalue weighted by Crippen LogP contribution is 2.38. The predicted octanol–water partition coefficient (Wildman–Crippen LogP) is 5.69. The summed E-state index contributed by atoms with van der Waals surface area (Å²) in [5, 5.41) is 9.87. The molecule has 0 spiro atoms. The van der Waals surface area contributed by atoms with E-state index in [1.54, 1.807) is 19.9 Å². The molecule has 3 atom stereocenters. The minimum Gasteiger partial charge on any atom is -0.497 e. The topological polar surface area (TPSA) is 125 Å². The summed E-state index contributed by atoms with van der Waals surface area (Å²) in [6.45, 7) is 12.7. The monoisotopic (exact) mass is 750 g/mol. The Kier molecular flexibility index (Phi) is 11.3. The molecule has 2 aliphatic heterocycles. The molecule has 0 unspecified atom stereocenters. The predicted molar refractivity (Wildman–Crippen MR) is 210 cm³/mol. The Morgan fingerprint density at radius 3 is 2.19 bits per heavy atom. The summed E-state index contributed by atoms with van der Waals surface area (Å²) in [6.07, 6.45) is -0.235. The van der Waals surface area contributed by atoms with Gasteiger partial charge in [-0.25, -0.2) is 9.59 Å². The van der Waals surface area contributed by atoms with Gasteiger partial charge in [0.25, 0.3) is 14.2 Å². The van der Waals surface area contributed by atoms with Gasteiger partial charge in [0.1, 0.15) is 17.0 Å². The molecular formula is C43H50N2O8Si. The standard InChI is InChI=1S/C43H50N2O8Si/c1-8-50-41(48)37(36-23-22-29(44-36)26-52-54(42(3,4)5,31-17-11-9-12-18-31)32-19-13-10-14-20-32)45-39(46)38(43(6)27-51-43)53-40(47)35-25-30(49-7)24-34-28(2)16-15-21-33(34)35/h9-21,24-25,29,38,44H,8,22-23,26-27H2,1-7H3,(H,45,46)/b37-36+/t29-,38-,43+/m1/s1. The van der Waals surface area contributed by atoms with Crippen LogP contribution in [0.2, 0.25) is 5.04 Å². The Morgan fingerprint density at radius 1 is 0.963 bits per heavy atom. The zero-order valence-corrected chi connectivity index (χ0v) is 33.1. The number of aryl methyl sites for hydroxylation is 1. The van der Waals surface area contributed by atoms with Crippen LogP contribution in [0.4, 0.5) is 0 Å². The van der Waals surface area contributed by atoms with E-state index in [9.17, 15) is 14.4 Å². The van der Waals surface area contributed by atoms with Crippen molar-refractivity contribution in [3.8, 4) is 5.75 Å². The third-order valence-corrected chi connectivity index (χ3v) is 15.3. The van der Waals surface area contributed by atoms with Crippen molar-refractivity contribution < 1.29 is 37.8 Å². The normalized spacial score (nSPS) is 19.7. The van der Waals surface area contributed by atoms with Crippen LogP contribution in [0, 0.1) is 6.92 Å². The second kappa shape index (κ2) is 15.8. The van der Waals surface area contributed by atoms with E-state index in [2.05, 4.69) is 79.9 Å². The average molecular weight is 751 g/mol. The van der Waals surface area contributed by atoms with E-state index in [4.69, 9.17) is 23.4 Å². The van der Waals surface area contributed by atoms with Crippen LogP contribution in [-0.2, 0) is 28.2 Å². The molecule has 54 heavy (non-hydrogen) atoms. The van der Waals surface area contributed by atoms with Gasteiger partial charge < -0.3 is 34.0 Å². The number of methoxy groups -OCH3 is 1. The first-order valence-corrected chi connectivity index (χ1v) is 20.4. The first-order valence-electron chi connectivity index (χ1n) is 18.5. The lowest BCUT2D eigenvalue weighted by atomic mass is 9.99. The first-order chi connectivity index (χ1) is 25.8. The molecule has 2 fully saturated rings. The van der Waals surface area contributed by atoms with E-state index in [1.807, 2.05) is 43.3 Å². The van der Waals surface area contributed by atoms with Crippen molar-refractivity contribution in [2.24, 2.45) is 0 Å². The first kappa shape index (κ1) is 38.7. The SMILES string of the molecule is CCOC(=O)/C(NC(=O)[C@@H](OC(=O)c1cc(OC)cc2c(C)cccc12)[C@]1(C)CO1)=C1/CC[C@H](CO[Si](c2ccccc2)(c2ccccc2)C(C)(C)C)N1. The fourth-order valence-corrected chi connectivity index (χ4v) is 12.0. The Hall–Kier alpha value is -4.97. The van der Waals surface area contributed by atoms with Crippen LogP contribution in [0.3, 0.4) is 0 Å². The van der Waals surface area contributed by atoms with Gasteiger partial charge in [0, 0.05) is 11.7 Å². The fourth-order valence-electron chi connectivity index (χ4n) is 7.35. The lowest BCUT2D eigenvalue weighted by Crippen LogP contribution is -2.67. The number of carbonyl (C=O) groups excluding carboxylic acids is 3. The molecule has 2 heterocycles. The Balaban J connectivity index is 1.25. The summed E-state index contributed by atoms with van der Waals surface area (Å²) in [7, 11) is -1.29. The molecule has 0 bridgehead atoms. The summed E-state index contributed by atoms with van der Waals surface area (Å²) >= 11 is 0. The van der Waals surface area contributed by atoms with E-state index in [0.717, 1.165) is 10.9 Å². The molecule has 4 aromatic rings. The zero-order valence-electron chi connectivity index (χ0n) is 32.1. The molecule has 4 aromatic carbocycles. The van der Waals surface area contributed by atoms with E-state index in [0.29, 0.717) is 36.3 Å². The van der Waals surface area contributed by atoms with Gasteiger partial charge in [-0.05, 0) is 77.5 Å². The molecule has 0 saturated carbocycles. The molecular weight excluding hydrogens is 701 g/mol. The fraction of sp³-hybridized carbons (Fsp3) is 0.372. The third kappa shape index (κ3) is 7.80. The largest absolute Gasteiger partial charge is 0.497 e. The molecule has 1 amide bonds. The molecule has 0 radical (unpaired) electrons. The molecule has 0 aliphatic carbocycles. The highest BCUT2D eigenvalue weighted by Gasteiger charge is 2.54. The van der Waals surface area contributed by atoms with Gasteiger partial charge in [0.05, 0.1) is 32.5 Å². The second-order valence-corrected chi connectivity index (χ2v) is 19.5. The highest BCUT2D eigenvalue weighted by molar-refractivity contribution is 6.99. The van der Waals surface area contributed by atoms with E-state index < -0.39 is 37.9 Å². The Labute approximate surface area is 318 Å². The van der Waals surface area contributed by atoms with Crippen molar-refractivity contribution >= 4 is 47.3 Å². The van der Waals surface area contributed by atoms with Gasteiger partial charge in [0.15, 0.2) is 0 Å². The van der Waals surface area contributed by atoms with Crippen LogP contribution in [0.15, 0.2) is 102 Å². The number of carbonyl (C=O) groups is 3. The van der Waals surface area contributed by atoms with E-state index >= 15 is 0 Å². The highest BCUT2D eigenvalue weighted by atomic mass is 28.4. The smallest absolute Gasteiger partial charge is 0.356 e. The van der Waals surface area contributed by atoms with Crippen LogP contribution >= 0.6 is 0 Å². The molecule has 2 N–H and O–H groups in total. The van der Waals surface area contributed by atoms with Crippen LogP contribution < -0.4 is 25.7 Å². The van der Waals surface area contributed by atoms with Gasteiger partial charge in [-0.15, -0.1) is 0 Å². The minimum absolute atomic E-state index is 0.0254. The zero-order chi connectivity index (χ0) is 38.7. The van der Waals surface area contributed by atoms with Gasteiger partial charge in [0.2, 0.25) is 6.10 Å². The van der Waals surface area contributed by atoms with Gasteiger partial charge in [-0.1, -0.05) is 99.6 Å². The van der Waals surface area contributed by atoms with E-state index in [1.165, 1.54) is 17.5 Å². The number of rotatable bonds is 13. The maximum absolute atomic E-state index is 14.1. The number of hydrogen-bond acceptors (Lipinski definition) is 9. The maximum atomic E-state index is 14.1. The van der Waals surface area contributed by atoms with Crippen LogP contribution in [0.1, 0.15) is 63.4 Å². The van der Waals surface area contributed by atoms with Crippen molar-refractivity contribution in [2.45, 2.75) is 77.2 Å². The number of esters is 2. The Bertz CT molecular complexity index is 2000. The summed E-state index contributed by atoms with van der Waals surface area (Å²) in [4.78, 5) is 41.4. The molecule has 2 saturated heterocycles. The van der Waals surface area contributed by atoms with E-state index in [-0.39, 0.29) is 35.6 Å². The maximum Gasteiger partial charge on any atom is 0.356 e. The third-order valence-electron chi connectivity index (χ3n) is 10.3. The minimum atomic E-state index is -2.81. The van der Waals surface area contributed by atoms with Crippen molar-refractivity contribution in [3.05, 3.63) is 114 Å². The number of allylic oxidation sites excluding steroid dienone is 1. The molecule has 2 aliphatic rings. The number of amides is 1. The van der Waals surface area contributed by atoms with Gasteiger partial charge in [-0.3, -0.25) is 4.79 Å². The molecule has 284 valence electrons. The van der Waals surface area contributed by atoms with Gasteiger partial charge >= 0.3 is 11.9 Å². The summed E-state index contributed by atoms with van der Waals surface area (Å²) in [5.74, 6) is -1.63. The van der Waals surface area contributed by atoms with Crippen molar-refractivity contribution in [2.75, 3.05) is 26.9 Å². The Morgan fingerprint density at radius 2 is 1.61 bits per heavy atom. The number of nitrogens with one attached hydrogen (secondary N) is 2. The number of epoxide rings is 1. The van der Waals surface area contributed by atoms with Crippen molar-refractivity contribution in [3.63, 3.8) is 0 Å². The number of ether oxygens (including phenoxy) is 4. The van der Waals surface area contributed by atoms with Crippen LogP contribution in [-0.4, -0.2) is 70.8 Å². The number of fused-ring (bicyclic) bond motifs is 1. The van der Waals surface area contributed by atoms with Crippen molar-refractivity contribution in [1.82, 2.24) is 10.6 Å². The summed E-state index contributed by atoms with van der Waals surface area (Å²) in [5.41, 5.74) is 0.628. The van der Waals surface area contributed by atoms with Crippen LogP contribution in [0.25, 0.3) is 10.8 Å². The molecule has 11 heteroatoms. The molecule has 6 rings (SSSR count). The lowest BCUT2D eigenvalue weighted by molar-refractivity contribution is -0.141. The molecule has 0 aromatic heterocycles. The summed E-state index contributed by atoms with van der Waals surface area (Å²) < 4.78 is 29.7. The summed E-state index contributed by atoms with van der Waals surface area (Å²) in [6, 6.07) is 29.8. The second-order valence-electron chi connectivity index (χ2n) is 15.1. The van der Waals surface area contributed by atoms with Gasteiger partial charge in [-0.2, -0.15) is 0 Å². The van der Waals surface area contributed by atoms with Crippen molar-refractivity contribution in [1.29, 1.82) is 0 Å². The van der Waals surface area contributed by atoms with Crippen LogP contribution in [0.5, 0.6) is 5.75 Å². The average Bonchev–Trinajstić information content (AvgIpc) is 3.73. The number of hydrogen-bond donors (Lipinski definition) is 2. The lowest BCUT2D eigenvalue weighted by Gasteiger charge is -2.43. The number of benzene rings is 4. The molecule has 10 nitrogen and oxygen atoms in total. The quantitative estimate of drug-likeness (QED) is 0.0768.